The molecule has 0 fully saturated rings. The number of aromatic carboxylic acids is 1. The first-order valence-electron chi connectivity index (χ1n) is 4.63. The van der Waals surface area contributed by atoms with Gasteiger partial charge in [-0.3, -0.25) is 4.98 Å². The first kappa shape index (κ1) is 10.6. The molecule has 4 heteroatoms. The van der Waals surface area contributed by atoms with Crippen molar-refractivity contribution in [2.75, 3.05) is 0 Å². The zero-order valence-corrected chi connectivity index (χ0v) is 8.98. The summed E-state index contributed by atoms with van der Waals surface area (Å²) >= 11 is 5.85. The predicted octanol–water partition coefficient (Wildman–Crippen LogP) is 3.10. The van der Waals surface area contributed by atoms with E-state index in [-0.39, 0.29) is 10.6 Å². The predicted molar refractivity (Wildman–Crippen MR) is 61.6 cm³/mol. The van der Waals surface area contributed by atoms with Crippen LogP contribution in [0.15, 0.2) is 42.6 Å². The lowest BCUT2D eigenvalue weighted by Crippen LogP contribution is -2.02. The summed E-state index contributed by atoms with van der Waals surface area (Å²) in [7, 11) is 0. The van der Waals surface area contributed by atoms with E-state index in [2.05, 4.69) is 4.98 Å². The van der Waals surface area contributed by atoms with Gasteiger partial charge in [-0.2, -0.15) is 0 Å². The van der Waals surface area contributed by atoms with E-state index in [1.54, 1.807) is 12.1 Å². The molecule has 2 rings (SSSR count). The van der Waals surface area contributed by atoms with Crippen LogP contribution >= 0.6 is 11.6 Å². The van der Waals surface area contributed by atoms with Gasteiger partial charge in [0.05, 0.1) is 10.7 Å². The summed E-state index contributed by atoms with van der Waals surface area (Å²) in [6, 6.07) is 10.6. The van der Waals surface area contributed by atoms with Crippen LogP contribution in [0.3, 0.4) is 0 Å². The van der Waals surface area contributed by atoms with E-state index in [0.29, 0.717) is 5.69 Å². The Kier molecular flexibility index (Phi) is 2.88. The monoisotopic (exact) mass is 233 g/mol. The van der Waals surface area contributed by atoms with E-state index >= 15 is 0 Å². The number of hydrogen-bond acceptors (Lipinski definition) is 2. The number of carboxylic acid groups (broad SMARTS) is 1. The van der Waals surface area contributed by atoms with Crippen LogP contribution in [0.25, 0.3) is 11.3 Å². The Bertz CT molecular complexity index is 526. The number of aromatic nitrogens is 1. The Balaban J connectivity index is 2.66. The Hall–Kier alpha value is -1.87. The second kappa shape index (κ2) is 4.33. The number of pyridine rings is 1. The van der Waals surface area contributed by atoms with Gasteiger partial charge in [-0.05, 0) is 6.07 Å². The normalized spacial score (nSPS) is 10.1. The third-order valence-corrected chi connectivity index (χ3v) is 2.48. The van der Waals surface area contributed by atoms with E-state index in [9.17, 15) is 4.79 Å². The number of halogens is 1. The zero-order chi connectivity index (χ0) is 11.5. The number of nitrogens with zero attached hydrogens (tertiary/aromatic N) is 1. The smallest absolute Gasteiger partial charge is 0.339 e. The van der Waals surface area contributed by atoms with Gasteiger partial charge in [-0.15, -0.1) is 0 Å². The van der Waals surface area contributed by atoms with Crippen molar-refractivity contribution in [1.82, 2.24) is 4.98 Å². The van der Waals surface area contributed by atoms with Gasteiger partial charge in [0.2, 0.25) is 0 Å². The van der Waals surface area contributed by atoms with Crippen LogP contribution in [-0.4, -0.2) is 16.1 Å². The van der Waals surface area contributed by atoms with Gasteiger partial charge in [0, 0.05) is 11.8 Å². The van der Waals surface area contributed by atoms with Crippen LogP contribution in [0.1, 0.15) is 10.4 Å². The van der Waals surface area contributed by atoms with Crippen molar-refractivity contribution in [2.24, 2.45) is 0 Å². The van der Waals surface area contributed by atoms with E-state index in [0.717, 1.165) is 5.56 Å². The minimum Gasteiger partial charge on any atom is -0.478 e. The third kappa shape index (κ3) is 1.90. The van der Waals surface area contributed by atoms with Crippen LogP contribution in [0, 0.1) is 0 Å². The fourth-order valence-electron chi connectivity index (χ4n) is 1.46. The molecule has 0 radical (unpaired) electrons. The lowest BCUT2D eigenvalue weighted by Gasteiger charge is -2.06. The summed E-state index contributed by atoms with van der Waals surface area (Å²) in [5, 5.41) is 9.28. The SMILES string of the molecule is O=C(O)c1c(Cl)ccnc1-c1ccccc1. The standard InChI is InChI=1S/C12H8ClNO2/c13-9-6-7-14-11(10(9)12(15)16)8-4-2-1-3-5-8/h1-7H,(H,15,16). The lowest BCUT2D eigenvalue weighted by atomic mass is 10.1. The van der Waals surface area contributed by atoms with Crippen molar-refractivity contribution < 1.29 is 9.90 Å². The molecule has 0 spiro atoms. The molecule has 0 aliphatic rings. The molecule has 1 aromatic heterocycles. The maximum Gasteiger partial charge on any atom is 0.339 e. The molecule has 3 nitrogen and oxygen atoms in total. The number of benzene rings is 1. The van der Waals surface area contributed by atoms with Crippen LogP contribution in [0.2, 0.25) is 5.02 Å². The van der Waals surface area contributed by atoms with Gasteiger partial charge in [0.25, 0.3) is 0 Å². The Morgan fingerprint density at radius 1 is 1.19 bits per heavy atom. The van der Waals surface area contributed by atoms with Crippen LogP contribution in [0.4, 0.5) is 0 Å². The first-order chi connectivity index (χ1) is 7.70. The average Bonchev–Trinajstić information content (AvgIpc) is 2.29. The Labute approximate surface area is 97.3 Å². The Morgan fingerprint density at radius 2 is 1.88 bits per heavy atom. The van der Waals surface area contributed by atoms with Crippen molar-refractivity contribution in [3.8, 4) is 11.3 Å². The maximum absolute atomic E-state index is 11.1. The summed E-state index contributed by atoms with van der Waals surface area (Å²) in [6.07, 6.45) is 1.50. The fraction of sp³-hybridized carbons (Fsp3) is 0. The number of hydrogen-bond donors (Lipinski definition) is 1. The molecule has 1 N–H and O–H groups in total. The van der Waals surface area contributed by atoms with E-state index in [1.165, 1.54) is 12.3 Å². The van der Waals surface area contributed by atoms with Crippen molar-refractivity contribution in [2.45, 2.75) is 0 Å². The maximum atomic E-state index is 11.1. The zero-order valence-electron chi connectivity index (χ0n) is 8.22. The largest absolute Gasteiger partial charge is 0.478 e. The van der Waals surface area contributed by atoms with Crippen molar-refractivity contribution in [1.29, 1.82) is 0 Å². The van der Waals surface area contributed by atoms with Gasteiger partial charge in [-0.25, -0.2) is 4.79 Å². The molecule has 80 valence electrons. The topological polar surface area (TPSA) is 50.2 Å². The highest BCUT2D eigenvalue weighted by molar-refractivity contribution is 6.34. The summed E-state index contributed by atoms with van der Waals surface area (Å²) in [4.78, 5) is 15.2. The lowest BCUT2D eigenvalue weighted by molar-refractivity contribution is 0.0697. The molecular formula is C12H8ClNO2. The number of rotatable bonds is 2. The molecule has 1 aromatic carbocycles. The van der Waals surface area contributed by atoms with Gasteiger partial charge in [0.15, 0.2) is 0 Å². The summed E-state index contributed by atoms with van der Waals surface area (Å²) < 4.78 is 0. The average molecular weight is 234 g/mol. The molecular weight excluding hydrogens is 226 g/mol. The summed E-state index contributed by atoms with van der Waals surface area (Å²) in [5.41, 5.74) is 1.17. The fourth-order valence-corrected chi connectivity index (χ4v) is 1.68. The molecule has 0 saturated heterocycles. The highest BCUT2D eigenvalue weighted by Crippen LogP contribution is 2.26. The second-order valence-electron chi connectivity index (χ2n) is 3.19. The summed E-state index contributed by atoms with van der Waals surface area (Å²) in [5.74, 6) is -1.07. The molecule has 0 unspecified atom stereocenters. The van der Waals surface area contributed by atoms with Gasteiger partial charge < -0.3 is 5.11 Å². The van der Waals surface area contributed by atoms with Crippen LogP contribution in [0.5, 0.6) is 0 Å². The van der Waals surface area contributed by atoms with Gasteiger partial charge >= 0.3 is 5.97 Å². The highest BCUT2D eigenvalue weighted by atomic mass is 35.5. The minimum absolute atomic E-state index is 0.0374. The third-order valence-electron chi connectivity index (χ3n) is 2.16. The molecule has 0 saturated carbocycles. The molecule has 1 heterocycles. The van der Waals surface area contributed by atoms with Gasteiger partial charge in [0.1, 0.15) is 5.56 Å². The number of carbonyl (C=O) groups is 1. The Morgan fingerprint density at radius 3 is 2.50 bits per heavy atom. The van der Waals surface area contributed by atoms with E-state index < -0.39 is 5.97 Å². The highest BCUT2D eigenvalue weighted by Gasteiger charge is 2.16. The minimum atomic E-state index is -1.07. The molecule has 0 atom stereocenters. The van der Waals surface area contributed by atoms with Gasteiger partial charge in [-0.1, -0.05) is 41.9 Å². The van der Waals surface area contributed by atoms with E-state index in [4.69, 9.17) is 16.7 Å². The first-order valence-corrected chi connectivity index (χ1v) is 5.01. The van der Waals surface area contributed by atoms with Crippen LogP contribution in [-0.2, 0) is 0 Å². The molecule has 0 bridgehead atoms. The molecule has 2 aromatic rings. The summed E-state index contributed by atoms with van der Waals surface area (Å²) in [6.45, 7) is 0. The molecule has 0 amide bonds. The van der Waals surface area contributed by atoms with Crippen LogP contribution < -0.4 is 0 Å². The molecule has 0 aliphatic carbocycles. The van der Waals surface area contributed by atoms with Crippen molar-refractivity contribution in [3.63, 3.8) is 0 Å². The second-order valence-corrected chi connectivity index (χ2v) is 3.59. The number of carboxylic acids is 1. The molecule has 0 aliphatic heterocycles. The molecule has 16 heavy (non-hydrogen) atoms. The quantitative estimate of drug-likeness (QED) is 0.867. The van der Waals surface area contributed by atoms with Crippen molar-refractivity contribution in [3.05, 3.63) is 53.2 Å². The van der Waals surface area contributed by atoms with Crippen molar-refractivity contribution >= 4 is 17.6 Å². The van der Waals surface area contributed by atoms with E-state index in [1.807, 2.05) is 18.2 Å².